The summed E-state index contributed by atoms with van der Waals surface area (Å²) in [5, 5.41) is 3.81. The Morgan fingerprint density at radius 2 is 2.10 bits per heavy atom. The Hall–Kier alpha value is -0.830. The molecule has 8 heteroatoms. The number of benzene rings is 1. The van der Waals surface area contributed by atoms with Gasteiger partial charge in [-0.3, -0.25) is 0 Å². The lowest BCUT2D eigenvalue weighted by Crippen LogP contribution is -2.34. The van der Waals surface area contributed by atoms with Crippen molar-refractivity contribution >= 4 is 37.3 Å². The molecule has 3 nitrogen and oxygen atoms in total. The van der Waals surface area contributed by atoms with Crippen LogP contribution in [0.25, 0.3) is 0 Å². The van der Waals surface area contributed by atoms with E-state index in [9.17, 15) is 17.2 Å². The third-order valence-corrected chi connectivity index (χ3v) is 6.00. The van der Waals surface area contributed by atoms with E-state index in [0.29, 0.717) is 12.5 Å². The van der Waals surface area contributed by atoms with Crippen molar-refractivity contribution in [2.45, 2.75) is 24.3 Å². The highest BCUT2D eigenvalue weighted by molar-refractivity contribution is 9.10. The van der Waals surface area contributed by atoms with Crippen molar-refractivity contribution in [2.75, 3.05) is 0 Å². The van der Waals surface area contributed by atoms with Crippen LogP contribution in [0, 0.1) is 11.6 Å². The quantitative estimate of drug-likeness (QED) is 0.838. The number of hydrogen-bond acceptors (Lipinski definition) is 3. The van der Waals surface area contributed by atoms with Gasteiger partial charge in [-0.25, -0.2) is 21.9 Å². The molecule has 1 aromatic carbocycles. The molecule has 1 unspecified atom stereocenters. The van der Waals surface area contributed by atoms with Crippen LogP contribution < -0.4 is 4.72 Å². The zero-order valence-electron chi connectivity index (χ0n) is 10.9. The second-order valence-electron chi connectivity index (χ2n) is 4.56. The van der Waals surface area contributed by atoms with E-state index < -0.39 is 32.6 Å². The molecule has 0 aliphatic rings. The van der Waals surface area contributed by atoms with Gasteiger partial charge in [0.1, 0.15) is 16.5 Å². The summed E-state index contributed by atoms with van der Waals surface area (Å²) in [4.78, 5) is -0.582. The van der Waals surface area contributed by atoms with Gasteiger partial charge in [0.2, 0.25) is 10.0 Å². The predicted octanol–water partition coefficient (Wildman–Crippen LogP) is 3.70. The minimum Gasteiger partial charge on any atom is -0.208 e. The molecule has 1 heterocycles. The molecule has 1 N–H and O–H groups in total. The molecule has 0 fully saturated rings. The van der Waals surface area contributed by atoms with Crippen LogP contribution in [0.2, 0.25) is 0 Å². The average Bonchev–Trinajstić information content (AvgIpc) is 2.78. The maximum atomic E-state index is 13.7. The fourth-order valence-corrected chi connectivity index (χ4v) is 5.00. The largest absolute Gasteiger partial charge is 0.244 e. The van der Waals surface area contributed by atoms with Crippen LogP contribution in [0.3, 0.4) is 0 Å². The first-order valence-corrected chi connectivity index (χ1v) is 9.19. The Morgan fingerprint density at radius 3 is 2.67 bits per heavy atom. The number of thiophene rings is 1. The van der Waals surface area contributed by atoms with Gasteiger partial charge in [0, 0.05) is 16.6 Å². The normalized spacial score (nSPS) is 13.3. The summed E-state index contributed by atoms with van der Waals surface area (Å²) in [6, 6.07) is 2.94. The van der Waals surface area contributed by atoms with Crippen LogP contribution in [0.5, 0.6) is 0 Å². The van der Waals surface area contributed by atoms with E-state index >= 15 is 0 Å². The first kappa shape index (κ1) is 16.5. The first-order valence-electron chi connectivity index (χ1n) is 5.97. The molecule has 0 saturated heterocycles. The van der Waals surface area contributed by atoms with Crippen molar-refractivity contribution in [2.24, 2.45) is 0 Å². The number of halogens is 3. The van der Waals surface area contributed by atoms with E-state index in [1.54, 1.807) is 6.92 Å². The van der Waals surface area contributed by atoms with Gasteiger partial charge in [0.15, 0.2) is 0 Å². The molecule has 0 bridgehead atoms. The van der Waals surface area contributed by atoms with Crippen LogP contribution in [0.4, 0.5) is 8.78 Å². The highest BCUT2D eigenvalue weighted by Gasteiger charge is 2.25. The zero-order valence-corrected chi connectivity index (χ0v) is 14.2. The van der Waals surface area contributed by atoms with E-state index in [0.717, 1.165) is 11.6 Å². The maximum absolute atomic E-state index is 13.7. The summed E-state index contributed by atoms with van der Waals surface area (Å²) < 4.78 is 53.5. The standard InChI is InChI=1S/C13H12BrF2NO2S2/c1-8(4-9-2-3-20-7-9)17-21(18,19)13-11(14)5-10(15)6-12(13)16/h2-3,5-8,17H,4H2,1H3. The molecule has 114 valence electrons. The minimum absolute atomic E-state index is 0.143. The summed E-state index contributed by atoms with van der Waals surface area (Å²) in [5.41, 5.74) is 0.994. The zero-order chi connectivity index (χ0) is 15.6. The third kappa shape index (κ3) is 4.09. The third-order valence-electron chi connectivity index (χ3n) is 2.71. The molecule has 0 saturated carbocycles. The van der Waals surface area contributed by atoms with Gasteiger partial charge in [0.05, 0.1) is 0 Å². The van der Waals surface area contributed by atoms with Crippen LogP contribution >= 0.6 is 27.3 Å². The Balaban J connectivity index is 2.22. The number of sulfonamides is 1. The average molecular weight is 396 g/mol. The molecule has 0 amide bonds. The van der Waals surface area contributed by atoms with E-state index in [1.165, 1.54) is 11.3 Å². The van der Waals surface area contributed by atoms with E-state index in [-0.39, 0.29) is 4.47 Å². The van der Waals surface area contributed by atoms with Crippen LogP contribution in [-0.2, 0) is 16.4 Å². The van der Waals surface area contributed by atoms with Crippen molar-refractivity contribution in [3.63, 3.8) is 0 Å². The Labute approximate surface area is 134 Å². The van der Waals surface area contributed by atoms with Crippen LogP contribution in [0.15, 0.2) is 38.3 Å². The molecular weight excluding hydrogens is 384 g/mol. The maximum Gasteiger partial charge on any atom is 0.244 e. The number of nitrogens with one attached hydrogen (secondary N) is 1. The minimum atomic E-state index is -4.08. The molecule has 0 aliphatic heterocycles. The number of hydrogen-bond donors (Lipinski definition) is 1. The van der Waals surface area contributed by atoms with Crippen molar-refractivity contribution in [1.82, 2.24) is 4.72 Å². The Bertz CT molecular complexity index is 710. The summed E-state index contributed by atoms with van der Waals surface area (Å²) in [6.07, 6.45) is 0.489. The second kappa shape index (κ2) is 6.51. The van der Waals surface area contributed by atoms with Gasteiger partial charge >= 0.3 is 0 Å². The van der Waals surface area contributed by atoms with Crippen LogP contribution in [0.1, 0.15) is 12.5 Å². The lowest BCUT2D eigenvalue weighted by molar-refractivity contribution is 0.531. The van der Waals surface area contributed by atoms with Crippen LogP contribution in [-0.4, -0.2) is 14.5 Å². The summed E-state index contributed by atoms with van der Waals surface area (Å²) >= 11 is 4.40. The van der Waals surface area contributed by atoms with Crippen molar-refractivity contribution < 1.29 is 17.2 Å². The smallest absolute Gasteiger partial charge is 0.208 e. The highest BCUT2D eigenvalue weighted by atomic mass is 79.9. The highest BCUT2D eigenvalue weighted by Crippen LogP contribution is 2.26. The fraction of sp³-hybridized carbons (Fsp3) is 0.231. The van der Waals surface area contributed by atoms with Crippen molar-refractivity contribution in [1.29, 1.82) is 0 Å². The lowest BCUT2D eigenvalue weighted by Gasteiger charge is -2.15. The van der Waals surface area contributed by atoms with Gasteiger partial charge in [-0.1, -0.05) is 0 Å². The number of rotatable bonds is 5. The van der Waals surface area contributed by atoms with Gasteiger partial charge in [-0.2, -0.15) is 11.3 Å². The van der Waals surface area contributed by atoms with Gasteiger partial charge in [-0.15, -0.1) is 0 Å². The molecule has 1 atom stereocenters. The molecule has 2 aromatic rings. The molecular formula is C13H12BrF2NO2S2. The van der Waals surface area contributed by atoms with E-state index in [2.05, 4.69) is 20.7 Å². The SMILES string of the molecule is CC(Cc1ccsc1)NS(=O)(=O)c1c(F)cc(F)cc1Br. The summed E-state index contributed by atoms with van der Waals surface area (Å²) in [7, 11) is -4.08. The summed E-state index contributed by atoms with van der Waals surface area (Å²) in [5.74, 6) is -1.97. The molecule has 0 radical (unpaired) electrons. The molecule has 1 aromatic heterocycles. The van der Waals surface area contributed by atoms with Crippen molar-refractivity contribution in [3.8, 4) is 0 Å². The first-order chi connectivity index (χ1) is 9.79. The second-order valence-corrected chi connectivity index (χ2v) is 7.84. The van der Waals surface area contributed by atoms with Gasteiger partial charge in [0.25, 0.3) is 0 Å². The van der Waals surface area contributed by atoms with Gasteiger partial charge < -0.3 is 0 Å². The predicted molar refractivity (Wildman–Crippen MR) is 81.9 cm³/mol. The van der Waals surface area contributed by atoms with Crippen molar-refractivity contribution in [3.05, 3.63) is 50.6 Å². The topological polar surface area (TPSA) is 46.2 Å². The molecule has 0 spiro atoms. The monoisotopic (exact) mass is 395 g/mol. The Morgan fingerprint density at radius 1 is 1.38 bits per heavy atom. The molecule has 0 aliphatic carbocycles. The van der Waals surface area contributed by atoms with E-state index in [1.807, 2.05) is 16.8 Å². The molecule has 2 rings (SSSR count). The van der Waals surface area contributed by atoms with Gasteiger partial charge in [-0.05, 0) is 57.7 Å². The summed E-state index contributed by atoms with van der Waals surface area (Å²) in [6.45, 7) is 1.69. The molecule has 21 heavy (non-hydrogen) atoms. The lowest BCUT2D eigenvalue weighted by atomic mass is 10.1. The van der Waals surface area contributed by atoms with E-state index in [4.69, 9.17) is 0 Å². The fourth-order valence-electron chi connectivity index (χ4n) is 1.91. The Kier molecular flexibility index (Phi) is 5.13.